The summed E-state index contributed by atoms with van der Waals surface area (Å²) >= 11 is 0. The van der Waals surface area contributed by atoms with Crippen molar-refractivity contribution in [2.24, 2.45) is 5.84 Å². The highest BCUT2D eigenvalue weighted by atomic mass is 32.2. The average Bonchev–Trinajstić information content (AvgIpc) is 3.70. The van der Waals surface area contributed by atoms with Gasteiger partial charge >= 0.3 is 0 Å². The molecule has 2 heterocycles. The van der Waals surface area contributed by atoms with E-state index in [4.69, 9.17) is 10.6 Å². The van der Waals surface area contributed by atoms with Crippen LogP contribution in [-0.2, 0) is 16.4 Å². The van der Waals surface area contributed by atoms with E-state index in [-0.39, 0.29) is 5.60 Å². The molecule has 2 fully saturated rings. The van der Waals surface area contributed by atoms with Gasteiger partial charge in [0.15, 0.2) is 0 Å². The summed E-state index contributed by atoms with van der Waals surface area (Å²) in [6, 6.07) is 3.91. The fourth-order valence-electron chi connectivity index (χ4n) is 4.17. The smallest absolute Gasteiger partial charge is 0.211 e. The van der Waals surface area contributed by atoms with Gasteiger partial charge in [0.1, 0.15) is 23.5 Å². The normalized spacial score (nSPS) is 19.3. The Morgan fingerprint density at radius 3 is 2.53 bits per heavy atom. The van der Waals surface area contributed by atoms with Gasteiger partial charge in [0.25, 0.3) is 0 Å². The van der Waals surface area contributed by atoms with E-state index in [1.165, 1.54) is 22.5 Å². The van der Waals surface area contributed by atoms with E-state index >= 15 is 0 Å². The molecule has 2 aliphatic carbocycles. The highest BCUT2D eigenvalue weighted by molar-refractivity contribution is 7.88. The fraction of sp³-hybridized carbons (Fsp3) is 0.455. The molecular formula is C22H28N6O3S. The van der Waals surface area contributed by atoms with E-state index in [0.717, 1.165) is 53.2 Å². The molecule has 170 valence electrons. The number of hydrogen-bond acceptors (Lipinski definition) is 8. The monoisotopic (exact) mass is 456 g/mol. The predicted molar refractivity (Wildman–Crippen MR) is 124 cm³/mol. The van der Waals surface area contributed by atoms with Gasteiger partial charge in [-0.05, 0) is 31.4 Å². The first-order valence-electron chi connectivity index (χ1n) is 10.7. The van der Waals surface area contributed by atoms with Gasteiger partial charge in [0.2, 0.25) is 10.0 Å². The number of anilines is 2. The van der Waals surface area contributed by atoms with Crippen molar-refractivity contribution in [3.05, 3.63) is 47.4 Å². The lowest BCUT2D eigenvalue weighted by molar-refractivity contribution is 0.200. The second-order valence-corrected chi connectivity index (χ2v) is 11.0. The number of sulfonamides is 1. The molecule has 3 N–H and O–H groups in total. The van der Waals surface area contributed by atoms with Gasteiger partial charge < -0.3 is 15.1 Å². The molecule has 1 aromatic heterocycles. The number of benzene rings is 1. The molecule has 0 radical (unpaired) electrons. The summed E-state index contributed by atoms with van der Waals surface area (Å²) in [5.41, 5.74) is 8.30. The average molecular weight is 457 g/mol. The number of hydrazine groups is 1. The number of hydrogen-bond donors (Lipinski definition) is 2. The molecule has 32 heavy (non-hydrogen) atoms. The van der Waals surface area contributed by atoms with Crippen LogP contribution in [0.25, 0.3) is 5.57 Å². The molecule has 1 aromatic carbocycles. The zero-order valence-electron chi connectivity index (χ0n) is 18.4. The van der Waals surface area contributed by atoms with Crippen molar-refractivity contribution in [2.45, 2.75) is 31.8 Å². The second-order valence-electron chi connectivity index (χ2n) is 9.02. The van der Waals surface area contributed by atoms with Crippen molar-refractivity contribution < 1.29 is 13.2 Å². The van der Waals surface area contributed by atoms with Crippen LogP contribution in [0.15, 0.2) is 25.0 Å². The first-order chi connectivity index (χ1) is 15.2. The lowest BCUT2D eigenvalue weighted by atomic mass is 10.0. The first kappa shape index (κ1) is 21.2. The lowest BCUT2D eigenvalue weighted by Gasteiger charge is -2.34. The van der Waals surface area contributed by atoms with Crippen molar-refractivity contribution in [3.8, 4) is 5.75 Å². The van der Waals surface area contributed by atoms with Crippen LogP contribution in [0.3, 0.4) is 0 Å². The molecule has 1 saturated carbocycles. The van der Waals surface area contributed by atoms with Gasteiger partial charge in [-0.15, -0.1) is 0 Å². The number of nitrogen functional groups attached to an aromatic ring is 1. The minimum atomic E-state index is -3.18. The minimum Gasteiger partial charge on any atom is -0.487 e. The van der Waals surface area contributed by atoms with E-state index in [2.05, 4.69) is 33.8 Å². The molecular weight excluding hydrogens is 428 g/mol. The Balaban J connectivity index is 1.40. The summed E-state index contributed by atoms with van der Waals surface area (Å²) in [6.07, 6.45) is 5.75. The molecule has 1 saturated heterocycles. The van der Waals surface area contributed by atoms with Crippen LogP contribution >= 0.6 is 0 Å². The number of nitrogens with one attached hydrogen (secondary N) is 1. The van der Waals surface area contributed by atoms with Crippen LogP contribution < -0.4 is 20.9 Å². The van der Waals surface area contributed by atoms with Crippen LogP contribution in [0.4, 0.5) is 11.5 Å². The SMILES string of the molecule is C=C(c1cc(N2CCN(S(C)(=O)=O)CC2)ncn1)c1cc(OC2(C)CC2)c2c(c1NN)C2. The first-order valence-corrected chi connectivity index (χ1v) is 12.6. The molecule has 0 amide bonds. The molecule has 2 aromatic rings. The summed E-state index contributed by atoms with van der Waals surface area (Å²) in [5, 5.41) is 0. The molecule has 0 unspecified atom stereocenters. The number of aromatic nitrogens is 2. The summed E-state index contributed by atoms with van der Waals surface area (Å²) in [4.78, 5) is 10.9. The maximum atomic E-state index is 11.8. The second kappa shape index (κ2) is 7.43. The maximum Gasteiger partial charge on any atom is 0.211 e. The van der Waals surface area contributed by atoms with Crippen molar-refractivity contribution in [1.82, 2.24) is 14.3 Å². The van der Waals surface area contributed by atoms with E-state index in [0.29, 0.717) is 31.9 Å². The van der Waals surface area contributed by atoms with Gasteiger partial charge in [0.05, 0.1) is 17.6 Å². The van der Waals surface area contributed by atoms with Crippen LogP contribution in [-0.4, -0.2) is 60.7 Å². The summed E-state index contributed by atoms with van der Waals surface area (Å²) in [6.45, 7) is 8.45. The zero-order chi connectivity index (χ0) is 22.7. The van der Waals surface area contributed by atoms with Gasteiger partial charge in [-0.1, -0.05) is 6.58 Å². The Labute approximate surface area is 188 Å². The lowest BCUT2D eigenvalue weighted by Crippen LogP contribution is -2.48. The van der Waals surface area contributed by atoms with Crippen molar-refractivity contribution in [1.29, 1.82) is 0 Å². The van der Waals surface area contributed by atoms with Gasteiger partial charge in [-0.3, -0.25) is 5.84 Å². The third-order valence-electron chi connectivity index (χ3n) is 6.51. The van der Waals surface area contributed by atoms with Gasteiger partial charge in [-0.25, -0.2) is 18.4 Å². The maximum absolute atomic E-state index is 11.8. The number of ether oxygens (including phenoxy) is 1. The summed E-state index contributed by atoms with van der Waals surface area (Å²) in [7, 11) is -3.18. The third kappa shape index (κ3) is 3.94. The van der Waals surface area contributed by atoms with Crippen molar-refractivity contribution >= 4 is 27.1 Å². The van der Waals surface area contributed by atoms with Crippen LogP contribution in [0, 0.1) is 0 Å². The van der Waals surface area contributed by atoms with E-state index in [1.54, 1.807) is 0 Å². The summed E-state index contributed by atoms with van der Waals surface area (Å²) < 4.78 is 31.3. The fourth-order valence-corrected chi connectivity index (χ4v) is 5.00. The largest absolute Gasteiger partial charge is 0.487 e. The third-order valence-corrected chi connectivity index (χ3v) is 7.81. The molecule has 9 nitrogen and oxygen atoms in total. The quantitative estimate of drug-likeness (QED) is 0.408. The molecule has 0 bridgehead atoms. The molecule has 5 rings (SSSR count). The minimum absolute atomic E-state index is 0.0666. The number of piperazine rings is 1. The highest BCUT2D eigenvalue weighted by Gasteiger charge is 2.42. The predicted octanol–water partition coefficient (Wildman–Crippen LogP) is 1.74. The zero-order valence-corrected chi connectivity index (χ0v) is 19.2. The summed E-state index contributed by atoms with van der Waals surface area (Å²) in [5.74, 6) is 7.51. The Morgan fingerprint density at radius 2 is 1.91 bits per heavy atom. The Bertz CT molecular complexity index is 1200. The molecule has 0 spiro atoms. The Morgan fingerprint density at radius 1 is 1.19 bits per heavy atom. The number of rotatable bonds is 7. The molecule has 10 heteroatoms. The Hall–Kier alpha value is -2.69. The van der Waals surface area contributed by atoms with Crippen LogP contribution in [0.5, 0.6) is 5.75 Å². The topological polar surface area (TPSA) is 114 Å². The number of nitrogens with two attached hydrogens (primary N) is 1. The van der Waals surface area contributed by atoms with E-state index < -0.39 is 10.0 Å². The number of fused-ring (bicyclic) bond motifs is 1. The molecule has 3 aliphatic rings. The van der Waals surface area contributed by atoms with E-state index in [1.807, 2.05) is 12.1 Å². The van der Waals surface area contributed by atoms with E-state index in [9.17, 15) is 8.42 Å². The Kier molecular flexibility index (Phi) is 4.92. The highest BCUT2D eigenvalue weighted by Crippen LogP contribution is 2.50. The van der Waals surface area contributed by atoms with Crippen molar-refractivity contribution in [3.63, 3.8) is 0 Å². The molecule has 1 aliphatic heterocycles. The van der Waals surface area contributed by atoms with Crippen molar-refractivity contribution in [2.75, 3.05) is 42.8 Å². The van der Waals surface area contributed by atoms with Crippen LogP contribution in [0.1, 0.15) is 42.1 Å². The van der Waals surface area contributed by atoms with Crippen LogP contribution in [0.2, 0.25) is 0 Å². The van der Waals surface area contributed by atoms with Gasteiger partial charge in [0, 0.05) is 55.4 Å². The molecule has 0 atom stereocenters. The van der Waals surface area contributed by atoms with Gasteiger partial charge in [-0.2, -0.15) is 4.31 Å². The number of nitrogens with zero attached hydrogens (tertiary/aromatic N) is 4. The standard InChI is InChI=1S/C22H28N6O3S/c1-14(15-11-19(31-22(2)4-5-22)16-10-17(16)21(15)26-23)18-12-20(25-13-24-18)27-6-8-28(9-7-27)32(3,29)30/h11-13,26H,1,4-10,23H2,2-3H3.